The van der Waals surface area contributed by atoms with Gasteiger partial charge in [0.15, 0.2) is 0 Å². The molecule has 2 aliphatic rings. The minimum absolute atomic E-state index is 0.104. The molecular formula is C19H28N2O2. The van der Waals surface area contributed by atoms with Gasteiger partial charge in [-0.3, -0.25) is 0 Å². The van der Waals surface area contributed by atoms with E-state index in [0.29, 0.717) is 12.0 Å². The monoisotopic (exact) mass is 316 g/mol. The highest BCUT2D eigenvalue weighted by atomic mass is 16.5. The van der Waals surface area contributed by atoms with Gasteiger partial charge in [-0.1, -0.05) is 30.3 Å². The SMILES string of the molecule is CCOC1CCN(C(=O)N[C@H](Cc2ccccc2)C2CC2)CC1. The molecule has 2 fully saturated rings. The Kier molecular flexibility index (Phi) is 5.55. The standard InChI is InChI=1S/C19H28N2O2/c1-2-23-17-10-12-21(13-11-17)19(22)20-18(16-8-9-16)14-15-6-4-3-5-7-15/h3-7,16-18H,2,8-14H2,1H3,(H,20,22)/t18-/m1/s1. The van der Waals surface area contributed by atoms with E-state index in [9.17, 15) is 4.79 Å². The maximum Gasteiger partial charge on any atom is 0.317 e. The van der Waals surface area contributed by atoms with Crippen LogP contribution >= 0.6 is 0 Å². The number of benzene rings is 1. The summed E-state index contributed by atoms with van der Waals surface area (Å²) in [5, 5.41) is 3.29. The Labute approximate surface area is 139 Å². The van der Waals surface area contributed by atoms with Gasteiger partial charge in [0.25, 0.3) is 0 Å². The number of hydrogen-bond donors (Lipinski definition) is 1. The third-order valence-corrected chi connectivity index (χ3v) is 4.93. The first kappa shape index (κ1) is 16.3. The second kappa shape index (κ2) is 7.82. The van der Waals surface area contributed by atoms with Crippen LogP contribution in [0.5, 0.6) is 0 Å². The van der Waals surface area contributed by atoms with Crippen molar-refractivity contribution < 1.29 is 9.53 Å². The molecular weight excluding hydrogens is 288 g/mol. The average Bonchev–Trinajstić information content (AvgIpc) is 3.41. The molecule has 3 rings (SSSR count). The van der Waals surface area contributed by atoms with Crippen molar-refractivity contribution in [3.8, 4) is 0 Å². The van der Waals surface area contributed by atoms with Crippen LogP contribution in [0.4, 0.5) is 4.79 Å². The molecule has 0 unspecified atom stereocenters. The van der Waals surface area contributed by atoms with Gasteiger partial charge in [0, 0.05) is 25.7 Å². The highest BCUT2D eigenvalue weighted by molar-refractivity contribution is 5.74. The molecule has 23 heavy (non-hydrogen) atoms. The van der Waals surface area contributed by atoms with E-state index < -0.39 is 0 Å². The van der Waals surface area contributed by atoms with E-state index in [4.69, 9.17) is 4.74 Å². The molecule has 1 saturated carbocycles. The number of piperidine rings is 1. The molecule has 2 amide bonds. The van der Waals surface area contributed by atoms with Crippen molar-refractivity contribution in [2.75, 3.05) is 19.7 Å². The summed E-state index contributed by atoms with van der Waals surface area (Å²) in [7, 11) is 0. The molecule has 1 atom stereocenters. The zero-order chi connectivity index (χ0) is 16.1. The third-order valence-electron chi connectivity index (χ3n) is 4.93. The Hall–Kier alpha value is -1.55. The summed E-state index contributed by atoms with van der Waals surface area (Å²) in [6.07, 6.45) is 5.65. The van der Waals surface area contributed by atoms with Gasteiger partial charge in [-0.2, -0.15) is 0 Å². The van der Waals surface area contributed by atoms with Gasteiger partial charge in [0.2, 0.25) is 0 Å². The summed E-state index contributed by atoms with van der Waals surface area (Å²) >= 11 is 0. The van der Waals surface area contributed by atoms with Gasteiger partial charge < -0.3 is 15.0 Å². The van der Waals surface area contributed by atoms with Crippen molar-refractivity contribution >= 4 is 6.03 Å². The molecule has 1 heterocycles. The molecule has 126 valence electrons. The van der Waals surface area contributed by atoms with E-state index in [1.807, 2.05) is 17.9 Å². The van der Waals surface area contributed by atoms with Crippen LogP contribution in [0.1, 0.15) is 38.2 Å². The van der Waals surface area contributed by atoms with E-state index >= 15 is 0 Å². The van der Waals surface area contributed by atoms with Crippen molar-refractivity contribution in [2.24, 2.45) is 5.92 Å². The van der Waals surface area contributed by atoms with Crippen molar-refractivity contribution in [2.45, 2.75) is 51.2 Å². The lowest BCUT2D eigenvalue weighted by atomic mass is 10.0. The lowest BCUT2D eigenvalue weighted by molar-refractivity contribution is 0.0217. The molecule has 4 heteroatoms. The lowest BCUT2D eigenvalue weighted by Crippen LogP contribution is -2.50. The molecule has 1 aromatic rings. The van der Waals surface area contributed by atoms with E-state index in [1.165, 1.54) is 18.4 Å². The fraction of sp³-hybridized carbons (Fsp3) is 0.632. The predicted octanol–water partition coefficient (Wildman–Crippen LogP) is 3.22. The Morgan fingerprint density at radius 1 is 1.22 bits per heavy atom. The van der Waals surface area contributed by atoms with Gasteiger partial charge >= 0.3 is 6.03 Å². The molecule has 1 aliphatic heterocycles. The first-order chi connectivity index (χ1) is 11.3. The third kappa shape index (κ3) is 4.71. The van der Waals surface area contributed by atoms with Gasteiger partial charge in [-0.25, -0.2) is 4.79 Å². The fourth-order valence-corrected chi connectivity index (χ4v) is 3.41. The van der Waals surface area contributed by atoms with E-state index in [2.05, 4.69) is 29.6 Å². The molecule has 0 spiro atoms. The summed E-state index contributed by atoms with van der Waals surface area (Å²) in [5.74, 6) is 0.653. The van der Waals surface area contributed by atoms with Crippen LogP contribution in [0, 0.1) is 5.92 Å². The van der Waals surface area contributed by atoms with Crippen LogP contribution in [0.2, 0.25) is 0 Å². The number of ether oxygens (including phenoxy) is 1. The topological polar surface area (TPSA) is 41.6 Å². The van der Waals surface area contributed by atoms with Gasteiger partial charge in [0.1, 0.15) is 0 Å². The Morgan fingerprint density at radius 2 is 1.91 bits per heavy atom. The van der Waals surface area contributed by atoms with Crippen molar-refractivity contribution in [3.05, 3.63) is 35.9 Å². The van der Waals surface area contributed by atoms with Crippen LogP contribution in [0.25, 0.3) is 0 Å². The number of carbonyl (C=O) groups excluding carboxylic acids is 1. The molecule has 4 nitrogen and oxygen atoms in total. The average molecular weight is 316 g/mol. The van der Waals surface area contributed by atoms with E-state index in [0.717, 1.165) is 39.0 Å². The van der Waals surface area contributed by atoms with Crippen LogP contribution in [0.3, 0.4) is 0 Å². The van der Waals surface area contributed by atoms with E-state index in [1.54, 1.807) is 0 Å². The van der Waals surface area contributed by atoms with Crippen molar-refractivity contribution in [3.63, 3.8) is 0 Å². The normalized spacial score (nSPS) is 20.3. The zero-order valence-corrected chi connectivity index (χ0v) is 14.0. The Morgan fingerprint density at radius 3 is 2.52 bits per heavy atom. The number of amides is 2. The number of nitrogens with one attached hydrogen (secondary N) is 1. The lowest BCUT2D eigenvalue weighted by Gasteiger charge is -2.33. The summed E-state index contributed by atoms with van der Waals surface area (Å²) in [6, 6.07) is 10.8. The summed E-state index contributed by atoms with van der Waals surface area (Å²) in [4.78, 5) is 14.5. The number of nitrogens with zero attached hydrogens (tertiary/aromatic N) is 1. The highest BCUT2D eigenvalue weighted by Gasteiger charge is 2.33. The fourth-order valence-electron chi connectivity index (χ4n) is 3.41. The molecule has 1 saturated heterocycles. The zero-order valence-electron chi connectivity index (χ0n) is 14.0. The summed E-state index contributed by atoms with van der Waals surface area (Å²) < 4.78 is 5.66. The molecule has 1 N–H and O–H groups in total. The van der Waals surface area contributed by atoms with Crippen molar-refractivity contribution in [1.82, 2.24) is 10.2 Å². The second-order valence-electron chi connectivity index (χ2n) is 6.72. The Balaban J connectivity index is 1.51. The quantitative estimate of drug-likeness (QED) is 0.875. The maximum absolute atomic E-state index is 12.6. The number of urea groups is 1. The van der Waals surface area contributed by atoms with Crippen LogP contribution in [-0.4, -0.2) is 42.8 Å². The van der Waals surface area contributed by atoms with Crippen LogP contribution < -0.4 is 5.32 Å². The van der Waals surface area contributed by atoms with Gasteiger partial charge in [-0.05, 0) is 50.5 Å². The molecule has 0 aromatic heterocycles. The highest BCUT2D eigenvalue weighted by Crippen LogP contribution is 2.34. The van der Waals surface area contributed by atoms with E-state index in [-0.39, 0.29) is 12.1 Å². The molecule has 0 radical (unpaired) electrons. The van der Waals surface area contributed by atoms with Crippen LogP contribution in [-0.2, 0) is 11.2 Å². The number of likely N-dealkylation sites (tertiary alicyclic amines) is 1. The van der Waals surface area contributed by atoms with Crippen molar-refractivity contribution in [1.29, 1.82) is 0 Å². The largest absolute Gasteiger partial charge is 0.378 e. The predicted molar refractivity (Wildman–Crippen MR) is 91.4 cm³/mol. The second-order valence-corrected chi connectivity index (χ2v) is 6.72. The number of rotatable bonds is 6. The Bertz CT molecular complexity index is 493. The van der Waals surface area contributed by atoms with Gasteiger partial charge in [0.05, 0.1) is 6.10 Å². The number of carbonyl (C=O) groups is 1. The minimum Gasteiger partial charge on any atom is -0.378 e. The molecule has 0 bridgehead atoms. The summed E-state index contributed by atoms with van der Waals surface area (Å²) in [6.45, 7) is 4.40. The smallest absolute Gasteiger partial charge is 0.317 e. The van der Waals surface area contributed by atoms with Crippen LogP contribution in [0.15, 0.2) is 30.3 Å². The minimum atomic E-state index is 0.104. The molecule has 1 aromatic carbocycles. The molecule has 1 aliphatic carbocycles. The first-order valence-corrected chi connectivity index (χ1v) is 8.97. The summed E-state index contributed by atoms with van der Waals surface area (Å²) in [5.41, 5.74) is 1.31. The maximum atomic E-state index is 12.6. The first-order valence-electron chi connectivity index (χ1n) is 8.97. The van der Waals surface area contributed by atoms with Gasteiger partial charge in [-0.15, -0.1) is 0 Å². The number of hydrogen-bond acceptors (Lipinski definition) is 2.